The summed E-state index contributed by atoms with van der Waals surface area (Å²) in [6.07, 6.45) is 2.24. The van der Waals surface area contributed by atoms with Gasteiger partial charge in [-0.05, 0) is 43.6 Å². The van der Waals surface area contributed by atoms with Gasteiger partial charge < -0.3 is 10.2 Å². The molecule has 0 aliphatic rings. The Morgan fingerprint density at radius 3 is 2.29 bits per heavy atom. The van der Waals surface area contributed by atoms with Crippen molar-refractivity contribution in [1.29, 1.82) is 0 Å². The molecule has 0 heterocycles. The lowest BCUT2D eigenvalue weighted by atomic mass is 10.2. The molecule has 0 aliphatic heterocycles. The van der Waals surface area contributed by atoms with E-state index in [1.807, 2.05) is 12.1 Å². The lowest BCUT2D eigenvalue weighted by Crippen LogP contribution is -2.36. The van der Waals surface area contributed by atoms with Crippen LogP contribution in [0.3, 0.4) is 0 Å². The monoisotopic (exact) mass is 250 g/mol. The number of para-hydroxylation sites is 1. The summed E-state index contributed by atoms with van der Waals surface area (Å²) in [7, 11) is 0. The minimum Gasteiger partial charge on any atom is -0.349 e. The van der Waals surface area contributed by atoms with Crippen LogP contribution < -0.4 is 5.32 Å². The molecule has 0 aliphatic carbocycles. The van der Waals surface area contributed by atoms with E-state index in [-0.39, 0.29) is 0 Å². The van der Waals surface area contributed by atoms with E-state index in [9.17, 15) is 0 Å². The van der Waals surface area contributed by atoms with Crippen molar-refractivity contribution in [3.8, 4) is 0 Å². The molecule has 1 aromatic carbocycles. The van der Waals surface area contributed by atoms with Gasteiger partial charge in [-0.15, -0.1) is 0 Å². The first-order chi connectivity index (χ1) is 8.19. The quantitative estimate of drug-likeness (QED) is 0.800. The second kappa shape index (κ2) is 7.28. The van der Waals surface area contributed by atoms with Crippen molar-refractivity contribution in [2.45, 2.75) is 33.6 Å². The Bertz CT molecular complexity index is 357. The number of nitrogens with zero attached hydrogens (tertiary/aromatic N) is 1. The lowest BCUT2D eigenvalue weighted by molar-refractivity contribution is 0.423. The molecule has 0 saturated carbocycles. The van der Waals surface area contributed by atoms with Gasteiger partial charge in [0.2, 0.25) is 0 Å². The minimum absolute atomic E-state index is 0.836. The van der Waals surface area contributed by atoms with Gasteiger partial charge in [0.25, 0.3) is 0 Å². The lowest BCUT2D eigenvalue weighted by Gasteiger charge is -2.25. The molecule has 0 atom stereocenters. The highest BCUT2D eigenvalue weighted by Gasteiger charge is 2.08. The van der Waals surface area contributed by atoms with E-state index in [2.05, 4.69) is 43.1 Å². The summed E-state index contributed by atoms with van der Waals surface area (Å²) in [5.41, 5.74) is 2.33. The van der Waals surface area contributed by atoms with Crippen molar-refractivity contribution in [3.05, 3.63) is 29.8 Å². The molecular formula is C14H22N2S. The van der Waals surface area contributed by atoms with Gasteiger partial charge in [-0.2, -0.15) is 0 Å². The van der Waals surface area contributed by atoms with E-state index in [0.29, 0.717) is 0 Å². The number of anilines is 1. The zero-order valence-corrected chi connectivity index (χ0v) is 11.8. The van der Waals surface area contributed by atoms with Gasteiger partial charge in [-0.3, -0.25) is 0 Å². The number of benzene rings is 1. The third kappa shape index (κ3) is 4.35. The Kier molecular flexibility index (Phi) is 5.98. The van der Waals surface area contributed by atoms with E-state index < -0.39 is 0 Å². The summed E-state index contributed by atoms with van der Waals surface area (Å²) in [6.45, 7) is 8.49. The summed E-state index contributed by atoms with van der Waals surface area (Å²) in [6, 6.07) is 8.23. The second-order valence-electron chi connectivity index (χ2n) is 4.23. The van der Waals surface area contributed by atoms with Crippen molar-refractivity contribution < 1.29 is 0 Å². The summed E-state index contributed by atoms with van der Waals surface area (Å²) < 4.78 is 0. The number of aryl methyl sites for hydroxylation is 1. The molecule has 94 valence electrons. The van der Waals surface area contributed by atoms with Crippen LogP contribution >= 0.6 is 12.2 Å². The largest absolute Gasteiger partial charge is 0.349 e. The van der Waals surface area contributed by atoms with Gasteiger partial charge in [0.1, 0.15) is 0 Å². The molecule has 0 unspecified atom stereocenters. The molecule has 1 N–H and O–H groups in total. The normalized spacial score (nSPS) is 10.1. The zero-order valence-electron chi connectivity index (χ0n) is 11.0. The van der Waals surface area contributed by atoms with Crippen molar-refractivity contribution in [1.82, 2.24) is 4.90 Å². The molecule has 0 bridgehead atoms. The predicted octanol–water partition coefficient (Wildman–Crippen LogP) is 3.81. The van der Waals surface area contributed by atoms with Crippen molar-refractivity contribution in [2.75, 3.05) is 18.4 Å². The summed E-state index contributed by atoms with van der Waals surface area (Å²) >= 11 is 5.46. The highest BCUT2D eigenvalue weighted by molar-refractivity contribution is 7.80. The summed E-state index contributed by atoms with van der Waals surface area (Å²) in [5, 5.41) is 4.17. The van der Waals surface area contributed by atoms with E-state index in [1.165, 1.54) is 5.56 Å². The molecule has 0 amide bonds. The number of nitrogens with one attached hydrogen (secondary N) is 1. The van der Waals surface area contributed by atoms with E-state index in [1.54, 1.807) is 0 Å². The number of hydrogen-bond acceptors (Lipinski definition) is 1. The second-order valence-corrected chi connectivity index (χ2v) is 4.62. The maximum atomic E-state index is 5.46. The van der Waals surface area contributed by atoms with Crippen LogP contribution in [0.2, 0.25) is 0 Å². The van der Waals surface area contributed by atoms with Gasteiger partial charge in [0.05, 0.1) is 0 Å². The predicted molar refractivity (Wildman–Crippen MR) is 79.6 cm³/mol. The third-order valence-electron chi connectivity index (χ3n) is 2.66. The maximum Gasteiger partial charge on any atom is 0.173 e. The molecular weight excluding hydrogens is 228 g/mol. The highest BCUT2D eigenvalue weighted by atomic mass is 32.1. The van der Waals surface area contributed by atoms with E-state index >= 15 is 0 Å². The van der Waals surface area contributed by atoms with Crippen molar-refractivity contribution in [2.24, 2.45) is 0 Å². The molecule has 1 aromatic rings. The molecule has 2 nitrogen and oxygen atoms in total. The number of thiocarbonyl (C=S) groups is 1. The molecule has 0 aromatic heterocycles. The van der Waals surface area contributed by atoms with Crippen LogP contribution in [-0.2, 0) is 0 Å². The first-order valence-electron chi connectivity index (χ1n) is 6.30. The molecule has 17 heavy (non-hydrogen) atoms. The van der Waals surface area contributed by atoms with Crippen molar-refractivity contribution in [3.63, 3.8) is 0 Å². The topological polar surface area (TPSA) is 15.3 Å². The van der Waals surface area contributed by atoms with Crippen LogP contribution in [0.1, 0.15) is 32.3 Å². The third-order valence-corrected chi connectivity index (χ3v) is 3.02. The molecule has 0 radical (unpaired) electrons. The van der Waals surface area contributed by atoms with Gasteiger partial charge in [-0.1, -0.05) is 32.0 Å². The van der Waals surface area contributed by atoms with E-state index in [0.717, 1.165) is 36.7 Å². The molecule has 0 spiro atoms. The van der Waals surface area contributed by atoms with Crippen LogP contribution in [0.5, 0.6) is 0 Å². The SMILES string of the molecule is CCCN(CCC)C(=S)Nc1ccccc1C. The molecule has 3 heteroatoms. The smallest absolute Gasteiger partial charge is 0.173 e. The fourth-order valence-corrected chi connectivity index (χ4v) is 2.05. The minimum atomic E-state index is 0.836. The van der Waals surface area contributed by atoms with Crippen LogP contribution in [0, 0.1) is 6.92 Å². The molecule has 1 rings (SSSR count). The Morgan fingerprint density at radius 1 is 1.18 bits per heavy atom. The van der Waals surface area contributed by atoms with Crippen LogP contribution in [-0.4, -0.2) is 23.1 Å². The van der Waals surface area contributed by atoms with Gasteiger partial charge in [-0.25, -0.2) is 0 Å². The van der Waals surface area contributed by atoms with Crippen LogP contribution in [0.25, 0.3) is 0 Å². The standard InChI is InChI=1S/C14H22N2S/c1-4-10-16(11-5-2)14(17)15-13-9-7-6-8-12(13)3/h6-9H,4-5,10-11H2,1-3H3,(H,15,17). The maximum absolute atomic E-state index is 5.46. The van der Waals surface area contributed by atoms with Crippen LogP contribution in [0.4, 0.5) is 5.69 Å². The van der Waals surface area contributed by atoms with Crippen molar-refractivity contribution >= 4 is 23.0 Å². The van der Waals surface area contributed by atoms with Gasteiger partial charge >= 0.3 is 0 Å². The Morgan fingerprint density at radius 2 is 1.76 bits per heavy atom. The van der Waals surface area contributed by atoms with Gasteiger partial charge in [0.15, 0.2) is 5.11 Å². The van der Waals surface area contributed by atoms with E-state index in [4.69, 9.17) is 12.2 Å². The summed E-state index contributed by atoms with van der Waals surface area (Å²) in [5.74, 6) is 0. The Labute approximate surface area is 110 Å². The first kappa shape index (κ1) is 14.0. The molecule has 0 saturated heterocycles. The average Bonchev–Trinajstić information content (AvgIpc) is 2.32. The highest BCUT2D eigenvalue weighted by Crippen LogP contribution is 2.14. The Hall–Kier alpha value is -1.09. The fourth-order valence-electron chi connectivity index (χ4n) is 1.76. The zero-order chi connectivity index (χ0) is 12.7. The number of hydrogen-bond donors (Lipinski definition) is 1. The van der Waals surface area contributed by atoms with Gasteiger partial charge in [0, 0.05) is 18.8 Å². The molecule has 0 fully saturated rings. The summed E-state index contributed by atoms with van der Waals surface area (Å²) in [4.78, 5) is 2.24. The first-order valence-corrected chi connectivity index (χ1v) is 6.71. The Balaban J connectivity index is 2.66. The van der Waals surface area contributed by atoms with Crippen LogP contribution in [0.15, 0.2) is 24.3 Å². The average molecular weight is 250 g/mol. The number of rotatable bonds is 5. The fraction of sp³-hybridized carbons (Fsp3) is 0.500.